The average Bonchev–Trinajstić information content (AvgIpc) is 2.69. The molecule has 0 aliphatic heterocycles. The Morgan fingerprint density at radius 2 is 2.17 bits per heavy atom. The van der Waals surface area contributed by atoms with Crippen LogP contribution in [-0.2, 0) is 11.3 Å². The molecular formula is C10H7Cl2IN4O. The predicted octanol–water partition coefficient (Wildman–Crippen LogP) is 2.83. The van der Waals surface area contributed by atoms with E-state index in [1.165, 1.54) is 11.0 Å². The molecule has 1 amide bonds. The number of aromatic nitrogens is 3. The van der Waals surface area contributed by atoms with E-state index < -0.39 is 0 Å². The summed E-state index contributed by atoms with van der Waals surface area (Å²) in [4.78, 5) is 15.6. The number of nitrogens with zero attached hydrogens (tertiary/aromatic N) is 3. The van der Waals surface area contributed by atoms with Crippen LogP contribution in [0.4, 0.5) is 5.69 Å². The Kier molecular flexibility index (Phi) is 4.41. The van der Waals surface area contributed by atoms with E-state index in [-0.39, 0.29) is 12.5 Å². The Labute approximate surface area is 127 Å². The van der Waals surface area contributed by atoms with E-state index in [1.54, 1.807) is 18.2 Å². The molecule has 5 nitrogen and oxygen atoms in total. The number of carbonyl (C=O) groups excluding carboxylic acids is 1. The Balaban J connectivity index is 2.00. The maximum absolute atomic E-state index is 11.7. The third kappa shape index (κ3) is 3.56. The molecule has 18 heavy (non-hydrogen) atoms. The van der Waals surface area contributed by atoms with Gasteiger partial charge in [0.1, 0.15) is 12.9 Å². The summed E-state index contributed by atoms with van der Waals surface area (Å²) in [5.41, 5.74) is 0.587. The summed E-state index contributed by atoms with van der Waals surface area (Å²) >= 11 is 13.6. The second kappa shape index (κ2) is 5.85. The van der Waals surface area contributed by atoms with Crippen LogP contribution in [-0.4, -0.2) is 20.7 Å². The van der Waals surface area contributed by atoms with Crippen LogP contribution in [0.25, 0.3) is 0 Å². The molecular weight excluding hydrogens is 390 g/mol. The summed E-state index contributed by atoms with van der Waals surface area (Å²) in [6.07, 6.45) is 1.50. The first-order valence-corrected chi connectivity index (χ1v) is 6.68. The monoisotopic (exact) mass is 396 g/mol. The second-order valence-electron chi connectivity index (χ2n) is 3.39. The van der Waals surface area contributed by atoms with Crippen LogP contribution in [0.1, 0.15) is 0 Å². The molecule has 94 valence electrons. The van der Waals surface area contributed by atoms with E-state index in [0.717, 1.165) is 0 Å². The van der Waals surface area contributed by atoms with E-state index in [4.69, 9.17) is 23.2 Å². The Morgan fingerprint density at radius 3 is 2.78 bits per heavy atom. The number of benzene rings is 1. The molecule has 0 spiro atoms. The van der Waals surface area contributed by atoms with E-state index in [0.29, 0.717) is 19.6 Å². The highest BCUT2D eigenvalue weighted by Crippen LogP contribution is 2.24. The van der Waals surface area contributed by atoms with Gasteiger partial charge in [0.15, 0.2) is 0 Å². The lowest BCUT2D eigenvalue weighted by Gasteiger charge is -2.06. The third-order valence-electron chi connectivity index (χ3n) is 2.02. The van der Waals surface area contributed by atoms with E-state index >= 15 is 0 Å². The van der Waals surface area contributed by atoms with Crippen LogP contribution in [0.2, 0.25) is 10.0 Å². The van der Waals surface area contributed by atoms with Crippen LogP contribution in [0.15, 0.2) is 24.5 Å². The molecule has 1 heterocycles. The number of carbonyl (C=O) groups is 1. The van der Waals surface area contributed by atoms with Crippen molar-refractivity contribution in [3.8, 4) is 0 Å². The fraction of sp³-hybridized carbons (Fsp3) is 0.100. The van der Waals surface area contributed by atoms with Crippen LogP contribution in [0.5, 0.6) is 0 Å². The van der Waals surface area contributed by atoms with Crippen LogP contribution < -0.4 is 5.32 Å². The van der Waals surface area contributed by atoms with Gasteiger partial charge in [0, 0.05) is 28.3 Å². The third-order valence-corrected chi connectivity index (χ3v) is 3.25. The highest BCUT2D eigenvalue weighted by Gasteiger charge is 2.06. The SMILES string of the molecule is O=C(Cn1cnc(I)n1)Nc1ccc(Cl)c(Cl)c1. The summed E-state index contributed by atoms with van der Waals surface area (Å²) < 4.78 is 2.05. The zero-order valence-electron chi connectivity index (χ0n) is 8.90. The maximum atomic E-state index is 11.7. The van der Waals surface area contributed by atoms with E-state index in [1.807, 2.05) is 22.6 Å². The topological polar surface area (TPSA) is 59.8 Å². The van der Waals surface area contributed by atoms with Crippen LogP contribution in [0.3, 0.4) is 0 Å². The second-order valence-corrected chi connectivity index (χ2v) is 5.17. The number of anilines is 1. The zero-order chi connectivity index (χ0) is 13.1. The number of rotatable bonds is 3. The number of hydrogen-bond donors (Lipinski definition) is 1. The molecule has 0 unspecified atom stereocenters. The van der Waals surface area contributed by atoms with Gasteiger partial charge in [0.05, 0.1) is 10.0 Å². The number of nitrogens with one attached hydrogen (secondary N) is 1. The highest BCUT2D eigenvalue weighted by atomic mass is 127. The Morgan fingerprint density at radius 1 is 1.39 bits per heavy atom. The van der Waals surface area contributed by atoms with E-state index in [9.17, 15) is 4.79 Å². The molecule has 0 saturated carbocycles. The molecule has 0 saturated heterocycles. The normalized spacial score (nSPS) is 10.4. The number of halogens is 3. The molecule has 2 aromatic rings. The fourth-order valence-electron chi connectivity index (χ4n) is 1.27. The average molecular weight is 397 g/mol. The van der Waals surface area contributed by atoms with E-state index in [2.05, 4.69) is 15.4 Å². The lowest BCUT2D eigenvalue weighted by atomic mass is 10.3. The minimum Gasteiger partial charge on any atom is -0.324 e. The van der Waals surface area contributed by atoms with Crippen molar-refractivity contribution in [1.82, 2.24) is 14.8 Å². The lowest BCUT2D eigenvalue weighted by molar-refractivity contribution is -0.116. The Bertz CT molecular complexity index is 587. The summed E-state index contributed by atoms with van der Waals surface area (Å²) in [7, 11) is 0. The summed E-state index contributed by atoms with van der Waals surface area (Å²) in [6, 6.07) is 4.89. The molecule has 0 radical (unpaired) electrons. The zero-order valence-corrected chi connectivity index (χ0v) is 12.6. The van der Waals surface area contributed by atoms with Crippen molar-refractivity contribution in [1.29, 1.82) is 0 Å². The minimum absolute atomic E-state index is 0.0935. The van der Waals surface area contributed by atoms with Crippen LogP contribution in [0, 0.1) is 3.83 Å². The molecule has 0 bridgehead atoms. The largest absolute Gasteiger partial charge is 0.324 e. The quantitative estimate of drug-likeness (QED) is 0.811. The number of hydrogen-bond acceptors (Lipinski definition) is 3. The first-order chi connectivity index (χ1) is 8.54. The first-order valence-electron chi connectivity index (χ1n) is 4.84. The number of amides is 1. The standard InChI is InChI=1S/C10H7Cl2IN4O/c11-7-2-1-6(3-8(7)12)15-9(18)4-17-5-14-10(13)16-17/h1-3,5H,4H2,(H,15,18). The van der Waals surface area contributed by atoms with Crippen molar-refractivity contribution in [2.45, 2.75) is 6.54 Å². The van der Waals surface area contributed by atoms with Gasteiger partial charge >= 0.3 is 0 Å². The molecule has 0 aliphatic rings. The smallest absolute Gasteiger partial charge is 0.246 e. The molecule has 1 aromatic carbocycles. The fourth-order valence-corrected chi connectivity index (χ4v) is 1.97. The van der Waals surface area contributed by atoms with Gasteiger partial charge in [-0.1, -0.05) is 23.2 Å². The molecule has 0 fully saturated rings. The minimum atomic E-state index is -0.213. The first kappa shape index (κ1) is 13.6. The summed E-state index contributed by atoms with van der Waals surface area (Å²) in [6.45, 7) is 0.0935. The maximum Gasteiger partial charge on any atom is 0.246 e. The summed E-state index contributed by atoms with van der Waals surface area (Å²) in [5.74, 6) is -0.213. The molecule has 1 N–H and O–H groups in total. The van der Waals surface area contributed by atoms with Gasteiger partial charge in [-0.05, 0) is 18.2 Å². The van der Waals surface area contributed by atoms with Gasteiger partial charge in [0.25, 0.3) is 0 Å². The van der Waals surface area contributed by atoms with Gasteiger partial charge in [-0.3, -0.25) is 4.79 Å². The van der Waals surface area contributed by atoms with Crippen molar-refractivity contribution in [3.05, 3.63) is 38.4 Å². The molecule has 0 atom stereocenters. The van der Waals surface area contributed by atoms with Gasteiger partial charge in [-0.2, -0.15) is 0 Å². The van der Waals surface area contributed by atoms with Crippen molar-refractivity contribution in [2.24, 2.45) is 0 Å². The molecule has 2 rings (SSSR count). The van der Waals surface area contributed by atoms with Crippen molar-refractivity contribution >= 4 is 57.4 Å². The lowest BCUT2D eigenvalue weighted by Crippen LogP contribution is -2.19. The van der Waals surface area contributed by atoms with Gasteiger partial charge in [-0.15, -0.1) is 5.10 Å². The highest BCUT2D eigenvalue weighted by molar-refractivity contribution is 14.1. The van der Waals surface area contributed by atoms with Crippen molar-refractivity contribution in [3.63, 3.8) is 0 Å². The predicted molar refractivity (Wildman–Crippen MR) is 77.8 cm³/mol. The van der Waals surface area contributed by atoms with Gasteiger partial charge < -0.3 is 5.32 Å². The van der Waals surface area contributed by atoms with Crippen molar-refractivity contribution < 1.29 is 4.79 Å². The van der Waals surface area contributed by atoms with Gasteiger partial charge in [0.2, 0.25) is 9.74 Å². The molecule has 8 heteroatoms. The molecule has 1 aromatic heterocycles. The summed E-state index contributed by atoms with van der Waals surface area (Å²) in [5, 5.41) is 7.54. The molecule has 0 aliphatic carbocycles. The Hall–Kier alpha value is -0.860. The van der Waals surface area contributed by atoms with Crippen LogP contribution >= 0.6 is 45.8 Å². The van der Waals surface area contributed by atoms with Gasteiger partial charge in [-0.25, -0.2) is 9.67 Å². The van der Waals surface area contributed by atoms with Crippen molar-refractivity contribution in [2.75, 3.05) is 5.32 Å².